The van der Waals surface area contributed by atoms with Gasteiger partial charge in [0.05, 0.1) is 0 Å². The van der Waals surface area contributed by atoms with Crippen LogP contribution in [0.4, 0.5) is 0 Å². The van der Waals surface area contributed by atoms with E-state index in [-0.39, 0.29) is 24.8 Å². The van der Waals surface area contributed by atoms with E-state index in [1.54, 1.807) is 24.2 Å². The minimum atomic E-state index is 0. The molecular formula is C33H51Cl2Zr-3. The third-order valence-corrected chi connectivity index (χ3v) is 5.62. The first-order valence-electron chi connectivity index (χ1n) is 12.6. The van der Waals surface area contributed by atoms with Gasteiger partial charge in [0.1, 0.15) is 0 Å². The van der Waals surface area contributed by atoms with Crippen molar-refractivity contribution in [3.63, 3.8) is 0 Å². The minimum Gasteiger partial charge on any atom is -1.00 e. The molecule has 0 nitrogen and oxygen atoms in total. The van der Waals surface area contributed by atoms with Gasteiger partial charge in [-0.3, -0.25) is 18.2 Å². The summed E-state index contributed by atoms with van der Waals surface area (Å²) in [5, 5.41) is 0. The van der Waals surface area contributed by atoms with E-state index in [9.17, 15) is 0 Å². The van der Waals surface area contributed by atoms with Crippen LogP contribution in [0, 0.1) is 40.4 Å². The Balaban J connectivity index is -0.000000412. The van der Waals surface area contributed by atoms with E-state index in [1.807, 2.05) is 0 Å². The maximum atomic E-state index is 3.30. The van der Waals surface area contributed by atoms with Gasteiger partial charge in [0.25, 0.3) is 0 Å². The first kappa shape index (κ1) is 40.3. The summed E-state index contributed by atoms with van der Waals surface area (Å²) in [6.45, 7) is 30.8. The standard InChI is InChI=1S/3C10H15.C3H6.2ClH.Zr/c3*1-8-5-6-9(7-8)10(2,3)4;1-3-2;;;/h2*7H,6H2,1-4H3;6-8H,1-4H3;1-2H3;2*1H;/q3*-1;;;;+2/p-2. The molecule has 3 aliphatic rings. The quantitative estimate of drug-likeness (QED) is 0.365. The molecule has 3 rings (SSSR count). The molecule has 0 heterocycles. The molecule has 3 aliphatic carbocycles. The normalized spacial score (nSPS) is 18.2. The Bertz CT molecular complexity index is 820. The molecule has 0 aromatic rings. The van der Waals surface area contributed by atoms with Crippen LogP contribution in [0.1, 0.15) is 110 Å². The molecule has 0 saturated heterocycles. The van der Waals surface area contributed by atoms with Crippen molar-refractivity contribution in [1.82, 2.24) is 0 Å². The molecule has 0 bridgehead atoms. The van der Waals surface area contributed by atoms with Crippen molar-refractivity contribution in [2.45, 2.75) is 110 Å². The molecule has 3 heteroatoms. The third-order valence-electron chi connectivity index (χ3n) is 5.62. The van der Waals surface area contributed by atoms with E-state index < -0.39 is 0 Å². The molecule has 0 fully saturated rings. The van der Waals surface area contributed by atoms with Crippen LogP contribution in [-0.4, -0.2) is 3.21 Å². The van der Waals surface area contributed by atoms with Crippen LogP contribution >= 0.6 is 0 Å². The Hall–Kier alpha value is -0.227. The summed E-state index contributed by atoms with van der Waals surface area (Å²) in [7, 11) is 0. The van der Waals surface area contributed by atoms with Gasteiger partial charge in [-0.15, -0.1) is 12.8 Å². The number of rotatable bonds is 0. The number of halogens is 2. The summed E-state index contributed by atoms with van der Waals surface area (Å²) in [6, 6.07) is 0. The summed E-state index contributed by atoms with van der Waals surface area (Å²) in [4.78, 5) is 0. The van der Waals surface area contributed by atoms with Gasteiger partial charge in [-0.25, -0.2) is 29.4 Å². The summed E-state index contributed by atoms with van der Waals surface area (Å²) in [6.07, 6.45) is 20.8. The van der Waals surface area contributed by atoms with Gasteiger partial charge in [-0.1, -0.05) is 94.4 Å². The predicted octanol–water partition coefficient (Wildman–Crippen LogP) is 3.95. The Morgan fingerprint density at radius 1 is 0.750 bits per heavy atom. The predicted molar refractivity (Wildman–Crippen MR) is 150 cm³/mol. The molecule has 204 valence electrons. The van der Waals surface area contributed by atoms with E-state index in [2.05, 4.69) is 139 Å². The van der Waals surface area contributed by atoms with E-state index in [0.717, 1.165) is 12.8 Å². The van der Waals surface area contributed by atoms with Crippen LogP contribution in [0.25, 0.3) is 0 Å². The topological polar surface area (TPSA) is 0 Å². The van der Waals surface area contributed by atoms with Crippen molar-refractivity contribution in [2.75, 3.05) is 0 Å². The summed E-state index contributed by atoms with van der Waals surface area (Å²) in [5.74, 6) is 0.522. The van der Waals surface area contributed by atoms with Crippen molar-refractivity contribution in [2.24, 2.45) is 22.2 Å². The second-order valence-electron chi connectivity index (χ2n) is 12.9. The van der Waals surface area contributed by atoms with Crippen LogP contribution in [0.3, 0.4) is 0 Å². The van der Waals surface area contributed by atoms with E-state index in [0.29, 0.717) is 22.2 Å². The van der Waals surface area contributed by atoms with Crippen molar-refractivity contribution < 1.29 is 49.0 Å². The van der Waals surface area contributed by atoms with Crippen molar-refractivity contribution in [3.05, 3.63) is 70.4 Å². The SMILES string of the molecule is CC1=[C-]CC(C(C)(C)C)=C1.CC1=[C-]CC(C(C)(C)C)=C1.CC1[C-]=CC(C(C)(C)C)=C1.C[C](C)=[Zr+2].[Cl-].[Cl-]. The zero-order chi connectivity index (χ0) is 26.9. The minimum absolute atomic E-state index is 0. The average molecular weight is 610 g/mol. The molecule has 1 atom stereocenters. The number of hydrogen-bond donors (Lipinski definition) is 0. The fraction of sp³-hybridized carbons (Fsp3) is 0.606. The van der Waals surface area contributed by atoms with Crippen molar-refractivity contribution >= 4 is 3.21 Å². The molecule has 0 N–H and O–H groups in total. The fourth-order valence-electron chi connectivity index (χ4n) is 3.21. The third kappa shape index (κ3) is 18.1. The fourth-order valence-corrected chi connectivity index (χ4v) is 3.21. The Labute approximate surface area is 253 Å². The van der Waals surface area contributed by atoms with Crippen LogP contribution in [-0.2, 0) is 24.2 Å². The first-order chi connectivity index (χ1) is 15.2. The average Bonchev–Trinajstić information content (AvgIpc) is 3.35. The monoisotopic (exact) mass is 607 g/mol. The maximum absolute atomic E-state index is 3.30. The number of allylic oxidation sites excluding steroid dienone is 12. The van der Waals surface area contributed by atoms with Crippen molar-refractivity contribution in [3.8, 4) is 0 Å². The summed E-state index contributed by atoms with van der Waals surface area (Å²) in [5.41, 5.74) is 8.00. The molecule has 0 aromatic heterocycles. The molecule has 0 aromatic carbocycles. The Morgan fingerprint density at radius 3 is 1.19 bits per heavy atom. The Morgan fingerprint density at radius 2 is 1.08 bits per heavy atom. The molecule has 0 spiro atoms. The van der Waals surface area contributed by atoms with Gasteiger partial charge in [0.15, 0.2) is 0 Å². The number of hydrogen-bond acceptors (Lipinski definition) is 0. The van der Waals surface area contributed by atoms with E-state index >= 15 is 0 Å². The van der Waals surface area contributed by atoms with Gasteiger partial charge < -0.3 is 24.8 Å². The van der Waals surface area contributed by atoms with Gasteiger partial charge >= 0.3 is 41.3 Å². The van der Waals surface area contributed by atoms with Gasteiger partial charge in [-0.05, 0) is 10.8 Å². The molecular weight excluding hydrogens is 558 g/mol. The zero-order valence-corrected chi connectivity index (χ0v) is 29.5. The molecule has 36 heavy (non-hydrogen) atoms. The maximum Gasteiger partial charge on any atom is -1.00 e. The largest absolute Gasteiger partial charge is 1.00 e. The molecule has 0 amide bonds. The Kier molecular flexibility index (Phi) is 19.4. The summed E-state index contributed by atoms with van der Waals surface area (Å²) < 4.78 is 1.51. The van der Waals surface area contributed by atoms with E-state index in [4.69, 9.17) is 0 Å². The second-order valence-corrected chi connectivity index (χ2v) is 15.3. The molecule has 0 saturated carbocycles. The van der Waals surface area contributed by atoms with Gasteiger partial charge in [-0.2, -0.15) is 22.8 Å². The first-order valence-corrected chi connectivity index (χ1v) is 13.9. The van der Waals surface area contributed by atoms with Crippen LogP contribution in [0.15, 0.2) is 52.2 Å². The smallest absolute Gasteiger partial charge is 1.00 e. The van der Waals surface area contributed by atoms with Crippen LogP contribution < -0.4 is 24.8 Å². The molecule has 1 unspecified atom stereocenters. The summed E-state index contributed by atoms with van der Waals surface area (Å²) >= 11 is 1.55. The van der Waals surface area contributed by atoms with Gasteiger partial charge in [0, 0.05) is 0 Å². The van der Waals surface area contributed by atoms with Gasteiger partial charge in [0.2, 0.25) is 0 Å². The molecule has 0 radical (unpaired) electrons. The second kappa shape index (κ2) is 17.4. The molecule has 0 aliphatic heterocycles. The zero-order valence-electron chi connectivity index (χ0n) is 25.6. The van der Waals surface area contributed by atoms with Crippen LogP contribution in [0.2, 0.25) is 0 Å². The van der Waals surface area contributed by atoms with Crippen molar-refractivity contribution in [1.29, 1.82) is 0 Å². The van der Waals surface area contributed by atoms with E-state index in [1.165, 1.54) is 31.1 Å². The van der Waals surface area contributed by atoms with Crippen LogP contribution in [0.5, 0.6) is 0 Å².